The number of hydrogen-bond donors (Lipinski definition) is 1. The first kappa shape index (κ1) is 10.4. The van der Waals surface area contributed by atoms with Crippen LogP contribution in [0.15, 0.2) is 0 Å². The maximum absolute atomic E-state index is 13.3. The molecule has 2 unspecified atom stereocenters. The lowest BCUT2D eigenvalue weighted by Crippen LogP contribution is -2.36. The summed E-state index contributed by atoms with van der Waals surface area (Å²) >= 11 is 0. The zero-order valence-electron chi connectivity index (χ0n) is 8.10. The minimum atomic E-state index is -3.19. The van der Waals surface area contributed by atoms with Gasteiger partial charge in [-0.3, -0.25) is 4.79 Å². The number of hydrogen-bond acceptors (Lipinski definition) is 1. The molecule has 76 valence electrons. The molecule has 13 heavy (non-hydrogen) atoms. The van der Waals surface area contributed by atoms with Crippen LogP contribution in [0.4, 0.5) is 8.78 Å². The van der Waals surface area contributed by atoms with Crippen LogP contribution in [0, 0.1) is 11.8 Å². The van der Waals surface area contributed by atoms with Gasteiger partial charge in [0, 0.05) is 6.04 Å². The summed E-state index contributed by atoms with van der Waals surface area (Å²) in [5.41, 5.74) is 0. The van der Waals surface area contributed by atoms with Gasteiger partial charge in [-0.2, -0.15) is 8.78 Å². The number of rotatable bonds is 2. The molecule has 0 saturated carbocycles. The highest BCUT2D eigenvalue weighted by molar-refractivity contribution is 5.86. The number of nitrogens with one attached hydrogen (secondary N) is 1. The normalized spacial score (nSPS) is 32.3. The highest BCUT2D eigenvalue weighted by Crippen LogP contribution is 2.39. The van der Waals surface area contributed by atoms with Gasteiger partial charge in [0.05, 0.1) is 5.92 Å². The number of carbonyl (C=O) groups excluding carboxylic acids is 1. The molecule has 1 rings (SSSR count). The van der Waals surface area contributed by atoms with Gasteiger partial charge >= 0.3 is 5.92 Å². The van der Waals surface area contributed by atoms with E-state index in [2.05, 4.69) is 5.32 Å². The third kappa shape index (κ3) is 1.54. The Morgan fingerprint density at radius 3 is 2.38 bits per heavy atom. The van der Waals surface area contributed by atoms with E-state index in [1.807, 2.05) is 6.92 Å². The third-order valence-electron chi connectivity index (χ3n) is 2.63. The lowest BCUT2D eigenvalue weighted by Gasteiger charge is -2.24. The zero-order valence-corrected chi connectivity index (χ0v) is 8.10. The van der Waals surface area contributed by atoms with Crippen molar-refractivity contribution in [2.24, 2.45) is 11.8 Å². The SMILES string of the molecule is CCC1NC(=O)C(F)(F)C1C(C)C. The Hall–Kier alpha value is -0.670. The Kier molecular flexibility index (Phi) is 2.59. The lowest BCUT2D eigenvalue weighted by molar-refractivity contribution is -0.146. The number of carbonyl (C=O) groups is 1. The van der Waals surface area contributed by atoms with Gasteiger partial charge in [-0.25, -0.2) is 0 Å². The summed E-state index contributed by atoms with van der Waals surface area (Å²) in [6.07, 6.45) is 0.560. The van der Waals surface area contributed by atoms with Crippen molar-refractivity contribution in [3.8, 4) is 0 Å². The first-order valence-corrected chi connectivity index (χ1v) is 4.60. The zero-order chi connectivity index (χ0) is 10.2. The molecule has 1 N–H and O–H groups in total. The van der Waals surface area contributed by atoms with Gasteiger partial charge in [-0.15, -0.1) is 0 Å². The molecular formula is C9H15F2NO. The molecule has 1 aliphatic rings. The second kappa shape index (κ2) is 3.24. The summed E-state index contributed by atoms with van der Waals surface area (Å²) in [6.45, 7) is 5.25. The van der Waals surface area contributed by atoms with E-state index >= 15 is 0 Å². The fraction of sp³-hybridized carbons (Fsp3) is 0.889. The van der Waals surface area contributed by atoms with Crippen LogP contribution in [0.25, 0.3) is 0 Å². The first-order chi connectivity index (χ1) is 5.91. The molecular weight excluding hydrogens is 176 g/mol. The average Bonchev–Trinajstić information content (AvgIpc) is 2.22. The summed E-state index contributed by atoms with van der Waals surface area (Å²) in [5.74, 6) is -5.34. The summed E-state index contributed by atoms with van der Waals surface area (Å²) in [5, 5.41) is 2.34. The largest absolute Gasteiger partial charge is 0.348 e. The van der Waals surface area contributed by atoms with E-state index in [9.17, 15) is 13.6 Å². The number of halogens is 2. The van der Waals surface area contributed by atoms with Crippen molar-refractivity contribution < 1.29 is 13.6 Å². The minimum absolute atomic E-state index is 0.182. The Bertz CT molecular complexity index is 216. The molecule has 1 aliphatic heterocycles. The van der Waals surface area contributed by atoms with E-state index in [4.69, 9.17) is 0 Å². The van der Waals surface area contributed by atoms with Gasteiger partial charge in [-0.05, 0) is 12.3 Å². The standard InChI is InChI=1S/C9H15F2NO/c1-4-6-7(5(2)3)9(10,11)8(13)12-6/h5-7H,4H2,1-3H3,(H,12,13). The lowest BCUT2D eigenvalue weighted by atomic mass is 9.85. The van der Waals surface area contributed by atoms with Crippen LogP contribution in [0.1, 0.15) is 27.2 Å². The summed E-state index contributed by atoms with van der Waals surface area (Å²) in [6, 6.07) is -0.373. The van der Waals surface area contributed by atoms with Crippen LogP contribution in [-0.4, -0.2) is 17.9 Å². The fourth-order valence-corrected chi connectivity index (χ4v) is 2.00. The molecule has 0 bridgehead atoms. The Labute approximate surface area is 76.7 Å². The Balaban J connectivity index is 2.92. The van der Waals surface area contributed by atoms with Crippen LogP contribution in [0.5, 0.6) is 0 Å². The predicted octanol–water partition coefficient (Wildman–Crippen LogP) is 1.80. The van der Waals surface area contributed by atoms with Gasteiger partial charge < -0.3 is 5.32 Å². The summed E-state index contributed by atoms with van der Waals surface area (Å²) in [7, 11) is 0. The van der Waals surface area contributed by atoms with Crippen molar-refractivity contribution in [2.45, 2.75) is 39.2 Å². The van der Waals surface area contributed by atoms with E-state index in [0.29, 0.717) is 6.42 Å². The van der Waals surface area contributed by atoms with Gasteiger partial charge in [0.25, 0.3) is 5.91 Å². The summed E-state index contributed by atoms with van der Waals surface area (Å²) in [4.78, 5) is 10.9. The molecule has 4 heteroatoms. The first-order valence-electron chi connectivity index (χ1n) is 4.60. The Morgan fingerprint density at radius 1 is 1.54 bits per heavy atom. The van der Waals surface area contributed by atoms with Crippen LogP contribution >= 0.6 is 0 Å². The second-order valence-corrected chi connectivity index (χ2v) is 3.88. The fourth-order valence-electron chi connectivity index (χ4n) is 2.00. The molecule has 0 aromatic carbocycles. The van der Waals surface area contributed by atoms with E-state index in [-0.39, 0.29) is 12.0 Å². The maximum Gasteiger partial charge on any atom is 0.329 e. The van der Waals surface area contributed by atoms with Crippen molar-refractivity contribution in [1.82, 2.24) is 5.32 Å². The van der Waals surface area contributed by atoms with Gasteiger partial charge in [-0.1, -0.05) is 20.8 Å². The highest BCUT2D eigenvalue weighted by Gasteiger charge is 2.57. The van der Waals surface area contributed by atoms with E-state index in [1.54, 1.807) is 13.8 Å². The molecule has 1 heterocycles. The molecule has 0 aromatic heterocycles. The van der Waals surface area contributed by atoms with Gasteiger partial charge in [0.15, 0.2) is 0 Å². The van der Waals surface area contributed by atoms with E-state index in [1.165, 1.54) is 0 Å². The number of amides is 1. The van der Waals surface area contributed by atoms with Crippen molar-refractivity contribution in [3.63, 3.8) is 0 Å². The molecule has 0 radical (unpaired) electrons. The van der Waals surface area contributed by atoms with Gasteiger partial charge in [0.2, 0.25) is 0 Å². The predicted molar refractivity (Wildman–Crippen MR) is 45.5 cm³/mol. The second-order valence-electron chi connectivity index (χ2n) is 3.88. The molecule has 2 atom stereocenters. The van der Waals surface area contributed by atoms with Crippen molar-refractivity contribution >= 4 is 5.91 Å². The van der Waals surface area contributed by atoms with E-state index < -0.39 is 17.7 Å². The molecule has 2 nitrogen and oxygen atoms in total. The molecule has 0 aromatic rings. The van der Waals surface area contributed by atoms with Crippen molar-refractivity contribution in [3.05, 3.63) is 0 Å². The minimum Gasteiger partial charge on any atom is -0.348 e. The molecule has 1 fully saturated rings. The van der Waals surface area contributed by atoms with Crippen LogP contribution in [0.3, 0.4) is 0 Å². The monoisotopic (exact) mass is 191 g/mol. The summed E-state index contributed by atoms with van der Waals surface area (Å²) < 4.78 is 26.6. The quantitative estimate of drug-likeness (QED) is 0.708. The molecule has 0 spiro atoms. The molecule has 1 amide bonds. The van der Waals surface area contributed by atoms with E-state index in [0.717, 1.165) is 0 Å². The highest BCUT2D eigenvalue weighted by atomic mass is 19.3. The molecule has 1 saturated heterocycles. The van der Waals surface area contributed by atoms with Crippen LogP contribution in [-0.2, 0) is 4.79 Å². The van der Waals surface area contributed by atoms with Gasteiger partial charge in [0.1, 0.15) is 0 Å². The topological polar surface area (TPSA) is 29.1 Å². The smallest absolute Gasteiger partial charge is 0.329 e. The van der Waals surface area contributed by atoms with Crippen molar-refractivity contribution in [2.75, 3.05) is 0 Å². The maximum atomic E-state index is 13.3. The average molecular weight is 191 g/mol. The number of alkyl halides is 2. The van der Waals surface area contributed by atoms with Crippen molar-refractivity contribution in [1.29, 1.82) is 0 Å². The third-order valence-corrected chi connectivity index (χ3v) is 2.63. The Morgan fingerprint density at radius 2 is 2.08 bits per heavy atom. The van der Waals surface area contributed by atoms with Crippen LogP contribution in [0.2, 0.25) is 0 Å². The molecule has 0 aliphatic carbocycles. The van der Waals surface area contributed by atoms with Crippen LogP contribution < -0.4 is 5.32 Å².